The normalized spacial score (nSPS) is 13.2. The summed E-state index contributed by atoms with van der Waals surface area (Å²) in [5.74, 6) is 1.52. The Labute approximate surface area is 128 Å². The number of ether oxygens (including phenoxy) is 2. The zero-order valence-corrected chi connectivity index (χ0v) is 13.3. The first-order valence-corrected chi connectivity index (χ1v) is 7.61. The molecule has 0 aliphatic rings. The molecule has 0 amide bonds. The van der Waals surface area contributed by atoms with Gasteiger partial charge in [-0.3, -0.25) is 0 Å². The van der Waals surface area contributed by atoms with Crippen LogP contribution >= 0.6 is 0 Å². The summed E-state index contributed by atoms with van der Waals surface area (Å²) in [6.45, 7) is 10.1. The third-order valence-electron chi connectivity index (χ3n) is 3.09. The molecule has 1 rings (SSSR count). The number of allylic oxidation sites excluding steroid dienone is 3. The molecule has 0 spiro atoms. The minimum absolute atomic E-state index is 0.222. The van der Waals surface area contributed by atoms with E-state index in [0.717, 1.165) is 25.0 Å². The molecule has 114 valence electrons. The van der Waals surface area contributed by atoms with Crippen molar-refractivity contribution in [3.05, 3.63) is 66.7 Å². The Balaban J connectivity index is 2.62. The molecule has 0 fully saturated rings. The van der Waals surface area contributed by atoms with E-state index >= 15 is 0 Å². The van der Waals surface area contributed by atoms with E-state index in [-0.39, 0.29) is 6.10 Å². The molecule has 0 N–H and O–H groups in total. The third-order valence-corrected chi connectivity index (χ3v) is 3.09. The number of rotatable bonds is 9. The quantitative estimate of drug-likeness (QED) is 0.446. The number of benzene rings is 1. The van der Waals surface area contributed by atoms with Crippen molar-refractivity contribution in [1.29, 1.82) is 0 Å². The van der Waals surface area contributed by atoms with Crippen LogP contribution in [0, 0.1) is 0 Å². The predicted molar refractivity (Wildman–Crippen MR) is 89.3 cm³/mol. The Bertz CT molecular complexity index is 469. The molecule has 0 radical (unpaired) electrons. The highest BCUT2D eigenvalue weighted by atomic mass is 16.5. The van der Waals surface area contributed by atoms with Crippen molar-refractivity contribution in [1.82, 2.24) is 0 Å². The predicted octanol–water partition coefficient (Wildman–Crippen LogP) is 5.42. The minimum Gasteiger partial charge on any atom is -0.498 e. The molecular formula is C19H26O2. The van der Waals surface area contributed by atoms with Crippen LogP contribution in [-0.4, -0.2) is 6.10 Å². The fourth-order valence-corrected chi connectivity index (χ4v) is 1.88. The summed E-state index contributed by atoms with van der Waals surface area (Å²) in [6.07, 6.45) is 10.4. The Hall–Kier alpha value is -1.96. The van der Waals surface area contributed by atoms with Gasteiger partial charge in [-0.05, 0) is 43.5 Å². The van der Waals surface area contributed by atoms with Gasteiger partial charge in [0.05, 0.1) is 12.4 Å². The second-order valence-corrected chi connectivity index (χ2v) is 4.94. The maximum absolute atomic E-state index is 5.82. The summed E-state index contributed by atoms with van der Waals surface area (Å²) >= 11 is 0. The highest BCUT2D eigenvalue weighted by Crippen LogP contribution is 2.16. The summed E-state index contributed by atoms with van der Waals surface area (Å²) in [6, 6.07) is 8.10. The van der Waals surface area contributed by atoms with E-state index in [4.69, 9.17) is 9.47 Å². The highest BCUT2D eigenvalue weighted by molar-refractivity contribution is 5.31. The Morgan fingerprint density at radius 1 is 1.24 bits per heavy atom. The lowest BCUT2D eigenvalue weighted by molar-refractivity contribution is 0.151. The van der Waals surface area contributed by atoms with Crippen LogP contribution < -0.4 is 4.74 Å². The molecule has 0 saturated carbocycles. The molecule has 1 aromatic rings. The molecule has 0 aliphatic heterocycles. The lowest BCUT2D eigenvalue weighted by Crippen LogP contribution is -2.02. The largest absolute Gasteiger partial charge is 0.498 e. The Morgan fingerprint density at radius 3 is 2.52 bits per heavy atom. The molecule has 0 aromatic heterocycles. The minimum atomic E-state index is 0.222. The van der Waals surface area contributed by atoms with Gasteiger partial charge in [-0.1, -0.05) is 45.1 Å². The molecule has 2 nitrogen and oxygen atoms in total. The van der Waals surface area contributed by atoms with Gasteiger partial charge < -0.3 is 9.47 Å². The summed E-state index contributed by atoms with van der Waals surface area (Å²) < 4.78 is 11.4. The fourth-order valence-electron chi connectivity index (χ4n) is 1.88. The molecule has 2 heteroatoms. The van der Waals surface area contributed by atoms with Gasteiger partial charge in [0.15, 0.2) is 0 Å². The van der Waals surface area contributed by atoms with Crippen LogP contribution in [0.25, 0.3) is 0 Å². The topological polar surface area (TPSA) is 18.5 Å². The van der Waals surface area contributed by atoms with Crippen molar-refractivity contribution in [2.24, 2.45) is 0 Å². The first-order chi connectivity index (χ1) is 10.2. The summed E-state index contributed by atoms with van der Waals surface area (Å²) in [4.78, 5) is 0. The van der Waals surface area contributed by atoms with E-state index in [1.165, 1.54) is 5.56 Å². The van der Waals surface area contributed by atoms with Crippen molar-refractivity contribution >= 4 is 0 Å². The van der Waals surface area contributed by atoms with Crippen LogP contribution in [0.1, 0.15) is 39.2 Å². The SMILES string of the molecule is C=C/C=C(\C=C/OC(C)CCC)Oc1ccc(CC)cc1. The molecular weight excluding hydrogens is 260 g/mol. The van der Waals surface area contributed by atoms with E-state index < -0.39 is 0 Å². The molecule has 0 saturated heterocycles. The second kappa shape index (κ2) is 9.87. The Morgan fingerprint density at radius 2 is 1.95 bits per heavy atom. The van der Waals surface area contributed by atoms with E-state index in [0.29, 0.717) is 5.76 Å². The third kappa shape index (κ3) is 6.84. The van der Waals surface area contributed by atoms with Crippen molar-refractivity contribution in [3.63, 3.8) is 0 Å². The number of hydrogen-bond acceptors (Lipinski definition) is 2. The van der Waals surface area contributed by atoms with Crippen LogP contribution in [0.4, 0.5) is 0 Å². The van der Waals surface area contributed by atoms with E-state index in [1.54, 1.807) is 12.3 Å². The fraction of sp³-hybridized carbons (Fsp3) is 0.368. The van der Waals surface area contributed by atoms with Crippen LogP contribution in [0.15, 0.2) is 61.1 Å². The van der Waals surface area contributed by atoms with Crippen LogP contribution in [0.5, 0.6) is 5.75 Å². The average molecular weight is 286 g/mol. The van der Waals surface area contributed by atoms with Gasteiger partial charge in [0, 0.05) is 6.08 Å². The molecule has 0 bridgehead atoms. The summed E-state index contributed by atoms with van der Waals surface area (Å²) in [7, 11) is 0. The molecule has 0 heterocycles. The zero-order chi connectivity index (χ0) is 15.5. The maximum Gasteiger partial charge on any atom is 0.130 e. The van der Waals surface area contributed by atoms with Gasteiger partial charge >= 0.3 is 0 Å². The first kappa shape index (κ1) is 17.1. The lowest BCUT2D eigenvalue weighted by atomic mass is 10.2. The number of aryl methyl sites for hydroxylation is 1. The van der Waals surface area contributed by atoms with Gasteiger partial charge in [-0.15, -0.1) is 0 Å². The van der Waals surface area contributed by atoms with E-state index in [1.807, 2.05) is 24.3 Å². The van der Waals surface area contributed by atoms with E-state index in [2.05, 4.69) is 39.5 Å². The first-order valence-electron chi connectivity index (χ1n) is 7.61. The van der Waals surface area contributed by atoms with Crippen molar-refractivity contribution in [2.75, 3.05) is 0 Å². The Kier molecular flexibility index (Phi) is 8.03. The second-order valence-electron chi connectivity index (χ2n) is 4.94. The van der Waals surface area contributed by atoms with Crippen LogP contribution in [0.3, 0.4) is 0 Å². The lowest BCUT2D eigenvalue weighted by Gasteiger charge is -2.10. The van der Waals surface area contributed by atoms with Gasteiger partial charge in [0.1, 0.15) is 11.5 Å². The zero-order valence-electron chi connectivity index (χ0n) is 13.3. The summed E-state index contributed by atoms with van der Waals surface area (Å²) in [5.41, 5.74) is 1.30. The average Bonchev–Trinajstić information content (AvgIpc) is 2.48. The van der Waals surface area contributed by atoms with Gasteiger partial charge in [-0.2, -0.15) is 0 Å². The van der Waals surface area contributed by atoms with Gasteiger partial charge in [0.2, 0.25) is 0 Å². The van der Waals surface area contributed by atoms with Gasteiger partial charge in [-0.25, -0.2) is 0 Å². The van der Waals surface area contributed by atoms with Crippen LogP contribution in [0.2, 0.25) is 0 Å². The number of hydrogen-bond donors (Lipinski definition) is 0. The highest BCUT2D eigenvalue weighted by Gasteiger charge is 1.99. The molecule has 21 heavy (non-hydrogen) atoms. The monoisotopic (exact) mass is 286 g/mol. The van der Waals surface area contributed by atoms with Crippen molar-refractivity contribution in [2.45, 2.75) is 46.1 Å². The van der Waals surface area contributed by atoms with Crippen molar-refractivity contribution in [3.8, 4) is 5.75 Å². The smallest absolute Gasteiger partial charge is 0.130 e. The molecule has 1 aromatic carbocycles. The maximum atomic E-state index is 5.82. The van der Waals surface area contributed by atoms with Gasteiger partial charge in [0.25, 0.3) is 0 Å². The summed E-state index contributed by atoms with van der Waals surface area (Å²) in [5, 5.41) is 0. The molecule has 1 atom stereocenters. The molecule has 1 unspecified atom stereocenters. The molecule has 0 aliphatic carbocycles. The van der Waals surface area contributed by atoms with E-state index in [9.17, 15) is 0 Å². The van der Waals surface area contributed by atoms with Crippen LogP contribution in [-0.2, 0) is 11.2 Å². The van der Waals surface area contributed by atoms with Crippen molar-refractivity contribution < 1.29 is 9.47 Å². The standard InChI is InChI=1S/C19H26O2/c1-5-8-16(4)20-15-14-18(9-6-2)21-19-12-10-17(7-3)11-13-19/h6,9-16H,2,5,7-8H2,1,3-4H3/b15-14-,18-9+.